The lowest BCUT2D eigenvalue weighted by Crippen LogP contribution is -2.30. The lowest BCUT2D eigenvalue weighted by molar-refractivity contribution is 0.160. The van der Waals surface area contributed by atoms with Gasteiger partial charge in [0.2, 0.25) is 0 Å². The van der Waals surface area contributed by atoms with Crippen LogP contribution in [0.1, 0.15) is 11.5 Å². The Balaban J connectivity index is 0.00000180. The molecule has 1 fully saturated rings. The average Bonchev–Trinajstić information content (AvgIpc) is 2.71. The number of ether oxygens (including phenoxy) is 1. The van der Waals surface area contributed by atoms with E-state index < -0.39 is 0 Å². The number of hydrogen-bond donors (Lipinski definition) is 1. The van der Waals surface area contributed by atoms with Crippen molar-refractivity contribution in [2.24, 2.45) is 5.73 Å². The molecule has 0 amide bonds. The summed E-state index contributed by atoms with van der Waals surface area (Å²) in [5, 5.41) is 0.154. The number of likely N-dealkylation sites (tertiary alicyclic amines) is 1. The molecule has 2 atom stereocenters. The minimum atomic E-state index is -0.378. The molecule has 1 aliphatic heterocycles. The molecule has 0 aromatic heterocycles. The molecule has 0 bridgehead atoms. The van der Waals surface area contributed by atoms with Gasteiger partial charge in [-0.05, 0) is 17.7 Å². The van der Waals surface area contributed by atoms with Gasteiger partial charge in [0.15, 0.2) is 0 Å². The highest BCUT2D eigenvalue weighted by Gasteiger charge is 2.31. The minimum absolute atomic E-state index is 0. The number of hydrogen-bond acceptors (Lipinski definition) is 3. The molecule has 2 rings (SSSR count). The molecule has 3 nitrogen and oxygen atoms in total. The quantitative estimate of drug-likeness (QED) is 0.912. The molecule has 0 saturated carbocycles. The Hall–Kier alpha value is -0.100. The van der Waals surface area contributed by atoms with Crippen LogP contribution in [-0.2, 0) is 4.74 Å². The summed E-state index contributed by atoms with van der Waals surface area (Å²) in [4.78, 5) is 2.24. The maximum atomic E-state index is 13.5. The average molecular weight is 346 g/mol. The lowest BCUT2D eigenvalue weighted by atomic mass is 9.95. The van der Waals surface area contributed by atoms with Gasteiger partial charge in [0, 0.05) is 38.7 Å². The largest absolute Gasteiger partial charge is 0.383 e. The standard InChI is InChI=1S/C13H18ClFN2O.2ClH/c1-18-5-4-17-7-10(13(16)8-17)9-2-3-11(14)12(15)6-9;;/h2-3,6,10,13H,4-5,7-8,16H2,1H3;2*1H/t10-,13?;;/m0../s1. The van der Waals surface area contributed by atoms with Crippen molar-refractivity contribution in [1.29, 1.82) is 0 Å². The topological polar surface area (TPSA) is 38.5 Å². The van der Waals surface area contributed by atoms with Crippen molar-refractivity contribution in [3.63, 3.8) is 0 Å². The van der Waals surface area contributed by atoms with Crippen molar-refractivity contribution in [3.05, 3.63) is 34.6 Å². The molecule has 1 aromatic rings. The van der Waals surface area contributed by atoms with Gasteiger partial charge in [-0.3, -0.25) is 4.90 Å². The fourth-order valence-electron chi connectivity index (χ4n) is 2.41. The molecule has 0 radical (unpaired) electrons. The second-order valence-corrected chi connectivity index (χ2v) is 5.10. The summed E-state index contributed by atoms with van der Waals surface area (Å²) in [6.45, 7) is 3.20. The zero-order valence-electron chi connectivity index (χ0n) is 11.2. The molecule has 1 saturated heterocycles. The van der Waals surface area contributed by atoms with E-state index in [-0.39, 0.29) is 47.6 Å². The molecule has 0 spiro atoms. The minimum Gasteiger partial charge on any atom is -0.383 e. The molecular weight excluding hydrogens is 326 g/mol. The molecule has 2 N–H and O–H groups in total. The van der Waals surface area contributed by atoms with Crippen molar-refractivity contribution >= 4 is 36.4 Å². The van der Waals surface area contributed by atoms with Crippen LogP contribution in [0.15, 0.2) is 18.2 Å². The van der Waals surface area contributed by atoms with Crippen molar-refractivity contribution in [1.82, 2.24) is 4.90 Å². The normalized spacial score (nSPS) is 22.2. The molecule has 1 unspecified atom stereocenters. The summed E-state index contributed by atoms with van der Waals surface area (Å²) in [5.74, 6) is -0.217. The Labute approximate surface area is 136 Å². The van der Waals surface area contributed by atoms with Gasteiger partial charge in [0.1, 0.15) is 5.82 Å². The Morgan fingerprint density at radius 3 is 2.70 bits per heavy atom. The molecule has 1 heterocycles. The van der Waals surface area contributed by atoms with E-state index in [4.69, 9.17) is 22.1 Å². The summed E-state index contributed by atoms with van der Waals surface area (Å²) in [6, 6.07) is 4.97. The van der Waals surface area contributed by atoms with Gasteiger partial charge in [0.25, 0.3) is 0 Å². The second-order valence-electron chi connectivity index (χ2n) is 4.70. The number of nitrogens with two attached hydrogens (primary N) is 1. The predicted octanol–water partition coefficient (Wildman–Crippen LogP) is 2.70. The smallest absolute Gasteiger partial charge is 0.142 e. The Morgan fingerprint density at radius 1 is 1.40 bits per heavy atom. The van der Waals surface area contributed by atoms with Crippen LogP contribution in [0.25, 0.3) is 0 Å². The number of halogens is 4. The molecule has 7 heteroatoms. The number of rotatable bonds is 4. The molecule has 116 valence electrons. The van der Waals surface area contributed by atoms with E-state index in [1.54, 1.807) is 13.2 Å². The van der Waals surface area contributed by atoms with E-state index in [0.717, 1.165) is 25.2 Å². The maximum Gasteiger partial charge on any atom is 0.142 e. The predicted molar refractivity (Wildman–Crippen MR) is 84.9 cm³/mol. The molecular formula is C13H20Cl3FN2O. The van der Waals surface area contributed by atoms with Crippen molar-refractivity contribution in [2.75, 3.05) is 33.4 Å². The highest BCUT2D eigenvalue weighted by Crippen LogP contribution is 2.28. The van der Waals surface area contributed by atoms with Gasteiger partial charge in [-0.2, -0.15) is 0 Å². The van der Waals surface area contributed by atoms with E-state index in [1.165, 1.54) is 6.07 Å². The summed E-state index contributed by atoms with van der Waals surface area (Å²) >= 11 is 5.69. The number of methoxy groups -OCH3 is 1. The fraction of sp³-hybridized carbons (Fsp3) is 0.538. The van der Waals surface area contributed by atoms with Gasteiger partial charge in [-0.15, -0.1) is 24.8 Å². The van der Waals surface area contributed by atoms with Gasteiger partial charge in [0.05, 0.1) is 11.6 Å². The van der Waals surface area contributed by atoms with Crippen LogP contribution in [0.3, 0.4) is 0 Å². The molecule has 0 aliphatic carbocycles. The summed E-state index contributed by atoms with van der Waals surface area (Å²) < 4.78 is 18.5. The first kappa shape index (κ1) is 19.9. The van der Waals surface area contributed by atoms with Crippen molar-refractivity contribution < 1.29 is 9.13 Å². The Bertz CT molecular complexity index is 423. The second kappa shape index (κ2) is 9.03. The van der Waals surface area contributed by atoms with Crippen molar-refractivity contribution in [2.45, 2.75) is 12.0 Å². The van der Waals surface area contributed by atoms with Crippen molar-refractivity contribution in [3.8, 4) is 0 Å². The van der Waals surface area contributed by atoms with Crippen LogP contribution in [-0.4, -0.2) is 44.3 Å². The summed E-state index contributed by atoms with van der Waals surface area (Å²) in [5.41, 5.74) is 7.04. The third-order valence-corrected chi connectivity index (χ3v) is 3.73. The first-order valence-corrected chi connectivity index (χ1v) is 6.41. The Morgan fingerprint density at radius 2 is 2.10 bits per heavy atom. The lowest BCUT2D eigenvalue weighted by Gasteiger charge is -2.15. The van der Waals surface area contributed by atoms with E-state index >= 15 is 0 Å². The van der Waals surface area contributed by atoms with Gasteiger partial charge in [-0.25, -0.2) is 4.39 Å². The third kappa shape index (κ3) is 4.72. The highest BCUT2D eigenvalue weighted by atomic mass is 35.5. The van der Waals surface area contributed by atoms with Crippen LogP contribution in [0.2, 0.25) is 5.02 Å². The van der Waals surface area contributed by atoms with Crippen LogP contribution >= 0.6 is 36.4 Å². The van der Waals surface area contributed by atoms with E-state index in [2.05, 4.69) is 4.90 Å². The van der Waals surface area contributed by atoms with Crippen LogP contribution in [0.5, 0.6) is 0 Å². The zero-order valence-corrected chi connectivity index (χ0v) is 13.6. The van der Waals surface area contributed by atoms with Crippen LogP contribution in [0.4, 0.5) is 4.39 Å². The number of nitrogens with zero attached hydrogens (tertiary/aromatic N) is 1. The molecule has 1 aliphatic rings. The molecule has 20 heavy (non-hydrogen) atoms. The summed E-state index contributed by atoms with van der Waals surface area (Å²) in [7, 11) is 1.68. The maximum absolute atomic E-state index is 13.5. The zero-order chi connectivity index (χ0) is 13.1. The Kier molecular flexibility index (Phi) is 8.98. The summed E-state index contributed by atoms with van der Waals surface area (Å²) in [6.07, 6.45) is 0. The van der Waals surface area contributed by atoms with Crippen LogP contribution < -0.4 is 5.73 Å². The molecule has 1 aromatic carbocycles. The van der Waals surface area contributed by atoms with E-state index in [1.807, 2.05) is 6.07 Å². The van der Waals surface area contributed by atoms with Gasteiger partial charge < -0.3 is 10.5 Å². The van der Waals surface area contributed by atoms with Gasteiger partial charge >= 0.3 is 0 Å². The highest BCUT2D eigenvalue weighted by molar-refractivity contribution is 6.30. The monoisotopic (exact) mass is 344 g/mol. The van der Waals surface area contributed by atoms with Gasteiger partial charge in [-0.1, -0.05) is 17.7 Å². The SMILES string of the molecule is COCCN1CC(N)[C@H](c2ccc(Cl)c(F)c2)C1.Cl.Cl. The fourth-order valence-corrected chi connectivity index (χ4v) is 2.53. The number of benzene rings is 1. The van der Waals surface area contributed by atoms with E-state index in [0.29, 0.717) is 6.61 Å². The third-order valence-electron chi connectivity index (χ3n) is 3.42. The first-order valence-electron chi connectivity index (χ1n) is 6.03. The van der Waals surface area contributed by atoms with E-state index in [9.17, 15) is 4.39 Å². The first-order chi connectivity index (χ1) is 8.61. The van der Waals surface area contributed by atoms with Crippen LogP contribution in [0, 0.1) is 5.82 Å².